The van der Waals surface area contributed by atoms with Gasteiger partial charge in [0.25, 0.3) is 5.91 Å². The predicted molar refractivity (Wildman–Crippen MR) is 114 cm³/mol. The monoisotopic (exact) mass is 431 g/mol. The van der Waals surface area contributed by atoms with Gasteiger partial charge in [0.1, 0.15) is 18.3 Å². The lowest BCUT2D eigenvalue weighted by Crippen LogP contribution is -2.41. The van der Waals surface area contributed by atoms with Gasteiger partial charge in [0.15, 0.2) is 0 Å². The van der Waals surface area contributed by atoms with Crippen LogP contribution in [-0.2, 0) is 19.0 Å². The number of rotatable bonds is 14. The molecule has 0 saturated carbocycles. The van der Waals surface area contributed by atoms with Crippen molar-refractivity contribution < 1.29 is 33.6 Å². The molecule has 2 rings (SSSR count). The van der Waals surface area contributed by atoms with Crippen LogP contribution in [0.4, 0.5) is 0 Å². The minimum absolute atomic E-state index is 0.0404. The highest BCUT2D eigenvalue weighted by Crippen LogP contribution is 2.21. The first-order valence-electron chi connectivity index (χ1n) is 10.0. The Morgan fingerprint density at radius 1 is 0.968 bits per heavy atom. The molecule has 0 aliphatic heterocycles. The lowest BCUT2D eigenvalue weighted by atomic mass is 10.0. The smallest absolute Gasteiger partial charge is 0.308 e. The summed E-state index contributed by atoms with van der Waals surface area (Å²) in [6, 6.07) is 15.5. The van der Waals surface area contributed by atoms with E-state index in [-0.39, 0.29) is 32.3 Å². The van der Waals surface area contributed by atoms with Gasteiger partial charge in [-0.25, -0.2) is 0 Å². The highest BCUT2D eigenvalue weighted by atomic mass is 16.7. The molecule has 168 valence electrons. The summed E-state index contributed by atoms with van der Waals surface area (Å²) in [6.07, 6.45) is 0.163. The van der Waals surface area contributed by atoms with Gasteiger partial charge in [0, 0.05) is 19.3 Å². The second-order valence-electron chi connectivity index (χ2n) is 6.82. The molecule has 2 aromatic carbocycles. The van der Waals surface area contributed by atoms with Gasteiger partial charge in [-0.15, -0.1) is 0 Å². The van der Waals surface area contributed by atoms with Crippen molar-refractivity contribution in [1.82, 2.24) is 5.32 Å². The van der Waals surface area contributed by atoms with Crippen LogP contribution < -0.4 is 10.1 Å². The summed E-state index contributed by atoms with van der Waals surface area (Å²) in [7, 11) is 1.44. The molecule has 2 atom stereocenters. The maximum Gasteiger partial charge on any atom is 0.308 e. The van der Waals surface area contributed by atoms with Crippen LogP contribution in [0.3, 0.4) is 0 Å². The van der Waals surface area contributed by atoms with Gasteiger partial charge in [-0.2, -0.15) is 0 Å². The van der Waals surface area contributed by atoms with Crippen molar-refractivity contribution in [2.45, 2.75) is 19.4 Å². The zero-order chi connectivity index (χ0) is 22.5. The van der Waals surface area contributed by atoms with E-state index in [1.165, 1.54) is 7.11 Å². The molecule has 0 bridgehead atoms. The Bertz CT molecular complexity index is 795. The number of carbonyl (C=O) groups excluding carboxylic acids is 1. The van der Waals surface area contributed by atoms with Crippen LogP contribution in [0, 0.1) is 5.92 Å². The van der Waals surface area contributed by atoms with Crippen LogP contribution in [0.15, 0.2) is 54.6 Å². The summed E-state index contributed by atoms with van der Waals surface area (Å²) in [5.41, 5.74) is 0.425. The number of ether oxygens (including phenoxy) is 4. The minimum Gasteiger partial charge on any atom is -0.481 e. The molecule has 0 aromatic heterocycles. The number of carbonyl (C=O) groups is 2. The van der Waals surface area contributed by atoms with Gasteiger partial charge in [-0.05, 0) is 49.7 Å². The predicted octanol–water partition coefficient (Wildman–Crippen LogP) is 3.33. The van der Waals surface area contributed by atoms with Gasteiger partial charge >= 0.3 is 5.97 Å². The van der Waals surface area contributed by atoms with E-state index < -0.39 is 17.9 Å². The van der Waals surface area contributed by atoms with E-state index in [0.717, 1.165) is 0 Å². The Labute approximate surface area is 182 Å². The van der Waals surface area contributed by atoms with Crippen LogP contribution in [0.2, 0.25) is 0 Å². The minimum atomic E-state index is -0.992. The second kappa shape index (κ2) is 13.4. The molecule has 2 N–H and O–H groups in total. The van der Waals surface area contributed by atoms with Crippen molar-refractivity contribution >= 4 is 11.9 Å². The summed E-state index contributed by atoms with van der Waals surface area (Å²) >= 11 is 0. The molecule has 31 heavy (non-hydrogen) atoms. The van der Waals surface area contributed by atoms with Gasteiger partial charge in [-0.1, -0.05) is 18.2 Å². The number of benzene rings is 2. The summed E-state index contributed by atoms with van der Waals surface area (Å²) in [6.45, 7) is 2.56. The number of hydrogen-bond donors (Lipinski definition) is 2. The fraction of sp³-hybridized carbons (Fsp3) is 0.391. The average Bonchev–Trinajstić information content (AvgIpc) is 2.77. The molecule has 8 nitrogen and oxygen atoms in total. The van der Waals surface area contributed by atoms with Crippen molar-refractivity contribution in [3.05, 3.63) is 60.2 Å². The van der Waals surface area contributed by atoms with Gasteiger partial charge in [-0.3, -0.25) is 9.59 Å². The Balaban J connectivity index is 2.00. The molecule has 1 unspecified atom stereocenters. The first-order chi connectivity index (χ1) is 15.0. The Hall–Kier alpha value is -2.94. The third-order valence-corrected chi connectivity index (χ3v) is 4.41. The number of hydrogen-bond acceptors (Lipinski definition) is 6. The molecule has 0 spiro atoms. The first kappa shape index (κ1) is 24.3. The van der Waals surface area contributed by atoms with Crippen LogP contribution in [0.25, 0.3) is 0 Å². The number of amides is 1. The van der Waals surface area contributed by atoms with E-state index in [4.69, 9.17) is 18.9 Å². The van der Waals surface area contributed by atoms with E-state index in [2.05, 4.69) is 5.32 Å². The van der Waals surface area contributed by atoms with Crippen molar-refractivity contribution in [1.29, 1.82) is 0 Å². The molecule has 0 radical (unpaired) electrons. The molecule has 0 aliphatic rings. The van der Waals surface area contributed by atoms with E-state index in [0.29, 0.717) is 23.7 Å². The fourth-order valence-corrected chi connectivity index (χ4v) is 2.85. The quantitative estimate of drug-likeness (QED) is 0.349. The molecular formula is C23H29NO7. The van der Waals surface area contributed by atoms with Crippen molar-refractivity contribution in [2.24, 2.45) is 5.92 Å². The average molecular weight is 431 g/mol. The number of nitrogens with one attached hydrogen (secondary N) is 1. The number of methoxy groups -OCH3 is 1. The molecule has 2 aromatic rings. The lowest BCUT2D eigenvalue weighted by molar-refractivity contribution is -0.144. The fourth-order valence-electron chi connectivity index (χ4n) is 2.85. The number of para-hydroxylation sites is 1. The first-order valence-corrected chi connectivity index (χ1v) is 10.0. The van der Waals surface area contributed by atoms with E-state index >= 15 is 0 Å². The highest BCUT2D eigenvalue weighted by molar-refractivity contribution is 5.94. The zero-order valence-corrected chi connectivity index (χ0v) is 17.8. The highest BCUT2D eigenvalue weighted by Gasteiger charge is 2.24. The van der Waals surface area contributed by atoms with Gasteiger partial charge in [0.05, 0.1) is 25.2 Å². The van der Waals surface area contributed by atoms with E-state index in [1.807, 2.05) is 37.3 Å². The lowest BCUT2D eigenvalue weighted by Gasteiger charge is -2.22. The van der Waals surface area contributed by atoms with Crippen LogP contribution in [0.5, 0.6) is 11.5 Å². The topological polar surface area (TPSA) is 103 Å². The Morgan fingerprint density at radius 3 is 2.26 bits per heavy atom. The molecule has 0 fully saturated rings. The number of carboxylic acids is 1. The third-order valence-electron chi connectivity index (χ3n) is 4.41. The largest absolute Gasteiger partial charge is 0.481 e. The molecule has 0 saturated heterocycles. The SMILES string of the molecule is CCOCOC[C@H](CC(COC)C(=O)O)NC(=O)c1ccc(Oc2ccccc2)cc1. The number of aliphatic carboxylic acids is 1. The van der Waals surface area contributed by atoms with Crippen LogP contribution >= 0.6 is 0 Å². The normalized spacial score (nSPS) is 12.7. The maximum atomic E-state index is 12.7. The van der Waals surface area contributed by atoms with Gasteiger partial charge in [0.2, 0.25) is 0 Å². The van der Waals surface area contributed by atoms with Crippen LogP contribution in [0.1, 0.15) is 23.7 Å². The molecule has 8 heteroatoms. The Morgan fingerprint density at radius 2 is 1.65 bits per heavy atom. The summed E-state index contributed by atoms with van der Waals surface area (Å²) in [5.74, 6) is -0.798. The summed E-state index contributed by atoms with van der Waals surface area (Å²) < 4.78 is 21.3. The zero-order valence-electron chi connectivity index (χ0n) is 17.8. The standard InChI is InChI=1S/C23H29NO7/c1-3-29-16-30-15-19(13-18(14-28-2)23(26)27)24-22(25)17-9-11-21(12-10-17)31-20-7-5-4-6-8-20/h4-12,18-19H,3,13-16H2,1-2H3,(H,24,25)(H,26,27)/t18?,19-/m0/s1. The van der Waals surface area contributed by atoms with E-state index in [9.17, 15) is 14.7 Å². The Kier molecular flexibility index (Phi) is 10.5. The molecule has 0 heterocycles. The number of carboxylic acid groups (broad SMARTS) is 1. The van der Waals surface area contributed by atoms with Crippen molar-refractivity contribution in [3.8, 4) is 11.5 Å². The molecule has 1 amide bonds. The second-order valence-corrected chi connectivity index (χ2v) is 6.82. The van der Waals surface area contributed by atoms with Crippen LogP contribution in [-0.4, -0.2) is 56.7 Å². The summed E-state index contributed by atoms with van der Waals surface area (Å²) in [4.78, 5) is 24.2. The van der Waals surface area contributed by atoms with Crippen molar-refractivity contribution in [3.63, 3.8) is 0 Å². The third kappa shape index (κ3) is 8.75. The van der Waals surface area contributed by atoms with Crippen molar-refractivity contribution in [2.75, 3.05) is 33.7 Å². The van der Waals surface area contributed by atoms with Gasteiger partial charge < -0.3 is 29.4 Å². The summed E-state index contributed by atoms with van der Waals surface area (Å²) in [5, 5.41) is 12.2. The molecular weight excluding hydrogens is 402 g/mol. The molecule has 0 aliphatic carbocycles. The van der Waals surface area contributed by atoms with E-state index in [1.54, 1.807) is 24.3 Å². The maximum absolute atomic E-state index is 12.7.